The Labute approximate surface area is 133 Å². The molecule has 0 atom stereocenters. The molecule has 0 bridgehead atoms. The summed E-state index contributed by atoms with van der Waals surface area (Å²) in [6.45, 7) is 1.49. The fourth-order valence-electron chi connectivity index (χ4n) is 2.11. The zero-order chi connectivity index (χ0) is 18.1. The second kappa shape index (κ2) is 6.19. The quantitative estimate of drug-likeness (QED) is 0.637. The van der Waals surface area contributed by atoms with Gasteiger partial charge < -0.3 is 10.4 Å². The van der Waals surface area contributed by atoms with Crippen LogP contribution in [0.1, 0.15) is 21.5 Å². The van der Waals surface area contributed by atoms with Gasteiger partial charge in [0.05, 0.1) is 16.1 Å². The van der Waals surface area contributed by atoms with Gasteiger partial charge in [0, 0.05) is 11.8 Å². The van der Waals surface area contributed by atoms with Crippen LogP contribution < -0.4 is 5.32 Å². The first-order valence-corrected chi connectivity index (χ1v) is 6.57. The zero-order valence-electron chi connectivity index (χ0n) is 12.2. The van der Waals surface area contributed by atoms with Crippen LogP contribution in [0.4, 0.5) is 30.2 Å². The van der Waals surface area contributed by atoms with Crippen molar-refractivity contribution < 1.29 is 28.0 Å². The average molecular weight is 340 g/mol. The van der Waals surface area contributed by atoms with Crippen LogP contribution in [0.5, 0.6) is 0 Å². The van der Waals surface area contributed by atoms with E-state index in [1.165, 1.54) is 25.1 Å². The summed E-state index contributed by atoms with van der Waals surface area (Å²) in [6.07, 6.45) is -4.71. The molecule has 2 N–H and O–H groups in total. The van der Waals surface area contributed by atoms with E-state index >= 15 is 0 Å². The van der Waals surface area contributed by atoms with E-state index in [1.54, 1.807) is 0 Å². The number of nitro benzene ring substituents is 1. The average Bonchev–Trinajstić information content (AvgIpc) is 2.48. The topological polar surface area (TPSA) is 92.5 Å². The third-order valence-corrected chi connectivity index (χ3v) is 3.36. The SMILES string of the molecule is Cc1c(Nc2ccc(C(F)(F)F)cc2[N+](=O)[O-])cccc1C(=O)O. The molecule has 126 valence electrons. The molecule has 0 saturated carbocycles. The molecule has 0 aromatic heterocycles. The lowest BCUT2D eigenvalue weighted by Crippen LogP contribution is -2.07. The molecule has 0 radical (unpaired) electrons. The molecule has 0 heterocycles. The van der Waals surface area contributed by atoms with Gasteiger partial charge in [0.2, 0.25) is 0 Å². The molecule has 2 aromatic carbocycles. The standard InChI is InChI=1S/C15H11F3N2O4/c1-8-10(14(21)22)3-2-4-11(8)19-12-6-5-9(15(16,17)18)7-13(12)20(23)24/h2-7,19H,1H3,(H,21,22). The van der Waals surface area contributed by atoms with Crippen molar-refractivity contribution in [1.82, 2.24) is 0 Å². The third-order valence-electron chi connectivity index (χ3n) is 3.36. The molecular formula is C15H11F3N2O4. The number of carbonyl (C=O) groups is 1. The number of rotatable bonds is 4. The van der Waals surface area contributed by atoms with Crippen molar-refractivity contribution in [3.63, 3.8) is 0 Å². The number of aromatic carboxylic acids is 1. The number of nitrogens with one attached hydrogen (secondary N) is 1. The monoisotopic (exact) mass is 340 g/mol. The van der Waals surface area contributed by atoms with Crippen molar-refractivity contribution in [2.24, 2.45) is 0 Å². The Morgan fingerprint density at radius 2 is 1.88 bits per heavy atom. The van der Waals surface area contributed by atoms with Gasteiger partial charge in [0.25, 0.3) is 5.69 Å². The van der Waals surface area contributed by atoms with Gasteiger partial charge in [-0.05, 0) is 36.8 Å². The van der Waals surface area contributed by atoms with Crippen LogP contribution >= 0.6 is 0 Å². The molecule has 0 unspecified atom stereocenters. The Kier molecular flexibility index (Phi) is 4.45. The molecule has 2 rings (SSSR count). The van der Waals surface area contributed by atoms with Gasteiger partial charge in [-0.1, -0.05) is 6.07 Å². The summed E-state index contributed by atoms with van der Waals surface area (Å²) in [6, 6.07) is 6.33. The highest BCUT2D eigenvalue weighted by atomic mass is 19.4. The van der Waals surface area contributed by atoms with Crippen molar-refractivity contribution >= 4 is 23.0 Å². The Balaban J connectivity index is 2.49. The van der Waals surface area contributed by atoms with E-state index < -0.39 is 28.3 Å². The second-order valence-corrected chi connectivity index (χ2v) is 4.90. The van der Waals surface area contributed by atoms with Crippen molar-refractivity contribution in [2.45, 2.75) is 13.1 Å². The molecule has 9 heteroatoms. The van der Waals surface area contributed by atoms with Crippen LogP contribution in [-0.2, 0) is 6.18 Å². The van der Waals surface area contributed by atoms with Gasteiger partial charge in [-0.3, -0.25) is 10.1 Å². The number of alkyl halides is 3. The Bertz CT molecular complexity index is 819. The molecule has 0 spiro atoms. The summed E-state index contributed by atoms with van der Waals surface area (Å²) in [5, 5.41) is 22.7. The molecule has 0 fully saturated rings. The number of hydrogen-bond donors (Lipinski definition) is 2. The lowest BCUT2D eigenvalue weighted by Gasteiger charge is -2.13. The van der Waals surface area contributed by atoms with E-state index in [0.717, 1.165) is 6.07 Å². The summed E-state index contributed by atoms with van der Waals surface area (Å²) in [4.78, 5) is 21.2. The van der Waals surface area contributed by atoms with Gasteiger partial charge >= 0.3 is 12.1 Å². The summed E-state index contributed by atoms with van der Waals surface area (Å²) >= 11 is 0. The van der Waals surface area contributed by atoms with E-state index in [4.69, 9.17) is 5.11 Å². The van der Waals surface area contributed by atoms with Crippen molar-refractivity contribution in [3.8, 4) is 0 Å². The maximum atomic E-state index is 12.7. The number of carboxylic acid groups (broad SMARTS) is 1. The highest BCUT2D eigenvalue weighted by Crippen LogP contribution is 2.36. The number of benzene rings is 2. The van der Waals surface area contributed by atoms with Crippen molar-refractivity contribution in [1.29, 1.82) is 0 Å². The van der Waals surface area contributed by atoms with Crippen LogP contribution in [0.25, 0.3) is 0 Å². The lowest BCUT2D eigenvalue weighted by molar-refractivity contribution is -0.384. The number of halogens is 3. The predicted molar refractivity (Wildman–Crippen MR) is 79.5 cm³/mol. The van der Waals surface area contributed by atoms with E-state index in [-0.39, 0.29) is 16.9 Å². The minimum atomic E-state index is -4.71. The predicted octanol–water partition coefficient (Wildman–Crippen LogP) is 4.36. The number of carboxylic acids is 1. The maximum Gasteiger partial charge on any atom is 0.416 e. The first-order chi connectivity index (χ1) is 11.1. The first kappa shape index (κ1) is 17.3. The fraction of sp³-hybridized carbons (Fsp3) is 0.133. The second-order valence-electron chi connectivity index (χ2n) is 4.90. The molecule has 0 aliphatic heterocycles. The van der Waals surface area contributed by atoms with Crippen molar-refractivity contribution in [3.05, 3.63) is 63.2 Å². The van der Waals surface area contributed by atoms with E-state index in [2.05, 4.69) is 5.32 Å². The number of anilines is 2. The van der Waals surface area contributed by atoms with Crippen LogP contribution in [-0.4, -0.2) is 16.0 Å². The summed E-state index contributed by atoms with van der Waals surface area (Å²) in [5.74, 6) is -1.18. The minimum absolute atomic E-state index is 0.0189. The lowest BCUT2D eigenvalue weighted by atomic mass is 10.1. The Morgan fingerprint density at radius 1 is 1.21 bits per heavy atom. The van der Waals surface area contributed by atoms with Gasteiger partial charge in [-0.2, -0.15) is 13.2 Å². The molecule has 6 nitrogen and oxygen atoms in total. The normalized spacial score (nSPS) is 11.2. The number of nitrogens with zero attached hydrogens (tertiary/aromatic N) is 1. The molecule has 0 aliphatic carbocycles. The Hall–Kier alpha value is -3.10. The van der Waals surface area contributed by atoms with Crippen LogP contribution in [0.15, 0.2) is 36.4 Å². The third kappa shape index (κ3) is 3.45. The molecular weight excluding hydrogens is 329 g/mol. The largest absolute Gasteiger partial charge is 0.478 e. The van der Waals surface area contributed by atoms with E-state index in [1.807, 2.05) is 0 Å². The van der Waals surface area contributed by atoms with Gasteiger partial charge in [-0.25, -0.2) is 4.79 Å². The minimum Gasteiger partial charge on any atom is -0.478 e. The van der Waals surface area contributed by atoms with Crippen molar-refractivity contribution in [2.75, 3.05) is 5.32 Å². The summed E-state index contributed by atoms with van der Waals surface area (Å²) in [5.41, 5.74) is -1.54. The van der Waals surface area contributed by atoms with Crippen LogP contribution in [0.3, 0.4) is 0 Å². The maximum absolute atomic E-state index is 12.7. The molecule has 2 aromatic rings. The molecule has 0 amide bonds. The van der Waals surface area contributed by atoms with Gasteiger partial charge in [-0.15, -0.1) is 0 Å². The van der Waals surface area contributed by atoms with Gasteiger partial charge in [0.1, 0.15) is 5.69 Å². The molecule has 24 heavy (non-hydrogen) atoms. The van der Waals surface area contributed by atoms with Gasteiger partial charge in [0.15, 0.2) is 0 Å². The first-order valence-electron chi connectivity index (χ1n) is 6.57. The molecule has 0 aliphatic rings. The summed E-state index contributed by atoms with van der Waals surface area (Å²) < 4.78 is 38.1. The highest BCUT2D eigenvalue weighted by Gasteiger charge is 2.33. The fourth-order valence-corrected chi connectivity index (χ4v) is 2.11. The van der Waals surface area contributed by atoms with Crippen LogP contribution in [0, 0.1) is 17.0 Å². The Morgan fingerprint density at radius 3 is 2.42 bits per heavy atom. The van der Waals surface area contributed by atoms with Crippen LogP contribution in [0.2, 0.25) is 0 Å². The zero-order valence-corrected chi connectivity index (χ0v) is 12.2. The number of nitro groups is 1. The van der Waals surface area contributed by atoms with E-state index in [9.17, 15) is 28.1 Å². The summed E-state index contributed by atoms with van der Waals surface area (Å²) in [7, 11) is 0. The number of hydrogen-bond acceptors (Lipinski definition) is 4. The smallest absolute Gasteiger partial charge is 0.416 e. The molecule has 0 saturated heterocycles. The highest BCUT2D eigenvalue weighted by molar-refractivity contribution is 5.91. The van der Waals surface area contributed by atoms with E-state index in [0.29, 0.717) is 17.7 Å².